The molecular weight excluding hydrogens is 169 g/mol. The topological polar surface area (TPSA) is 38.9 Å². The number of nitrogens with zero attached hydrogens (tertiary/aromatic N) is 1. The lowest BCUT2D eigenvalue weighted by molar-refractivity contribution is -0.138. The lowest BCUT2D eigenvalue weighted by Crippen LogP contribution is -2.20. The molecule has 12 heavy (non-hydrogen) atoms. The predicted molar refractivity (Wildman–Crippen MR) is 36.5 cm³/mol. The van der Waals surface area contributed by atoms with Crippen molar-refractivity contribution in [3.05, 3.63) is 23.0 Å². The maximum Gasteiger partial charge on any atom is 0.418 e. The van der Waals surface area contributed by atoms with Crippen molar-refractivity contribution in [1.29, 1.82) is 0 Å². The standard InChI is InChI=1S/C7H5F3N2/c8-7(9,10)3-1-4(11)6-2-5(3)12-6/h1H,2,11H2. The fraction of sp³-hybridized carbons (Fsp3) is 0.286. The van der Waals surface area contributed by atoms with E-state index in [2.05, 4.69) is 4.98 Å². The maximum atomic E-state index is 12.2. The number of hydrogen-bond acceptors (Lipinski definition) is 2. The fourth-order valence-electron chi connectivity index (χ4n) is 1.20. The second-order valence-corrected chi connectivity index (χ2v) is 2.69. The molecule has 0 saturated carbocycles. The van der Waals surface area contributed by atoms with Gasteiger partial charge in [-0.25, -0.2) is 0 Å². The molecule has 0 radical (unpaired) electrons. The quantitative estimate of drug-likeness (QED) is 0.658. The molecule has 1 aliphatic heterocycles. The highest BCUT2D eigenvalue weighted by atomic mass is 19.4. The minimum atomic E-state index is -4.32. The smallest absolute Gasteiger partial charge is 0.397 e. The van der Waals surface area contributed by atoms with Crippen LogP contribution in [0.5, 0.6) is 0 Å². The average Bonchev–Trinajstić information content (AvgIpc) is 1.81. The van der Waals surface area contributed by atoms with Crippen molar-refractivity contribution in [1.82, 2.24) is 4.98 Å². The average molecular weight is 174 g/mol. The third kappa shape index (κ3) is 0.855. The van der Waals surface area contributed by atoms with Crippen molar-refractivity contribution in [2.24, 2.45) is 0 Å². The third-order valence-corrected chi connectivity index (χ3v) is 1.85. The van der Waals surface area contributed by atoms with Gasteiger partial charge >= 0.3 is 6.18 Å². The van der Waals surface area contributed by atoms with Gasteiger partial charge in [0.1, 0.15) is 0 Å². The summed E-state index contributed by atoms with van der Waals surface area (Å²) >= 11 is 0. The van der Waals surface area contributed by atoms with Gasteiger partial charge in [-0.1, -0.05) is 0 Å². The van der Waals surface area contributed by atoms with E-state index in [9.17, 15) is 13.2 Å². The van der Waals surface area contributed by atoms with E-state index >= 15 is 0 Å². The summed E-state index contributed by atoms with van der Waals surface area (Å²) in [6.45, 7) is 0. The van der Waals surface area contributed by atoms with E-state index in [1.165, 1.54) is 0 Å². The fourth-order valence-corrected chi connectivity index (χ4v) is 1.20. The molecule has 2 bridgehead atoms. The lowest BCUT2D eigenvalue weighted by atomic mass is 9.98. The molecule has 0 atom stereocenters. The molecular formula is C7H5F3N2. The second-order valence-electron chi connectivity index (χ2n) is 2.69. The first kappa shape index (κ1) is 7.39. The van der Waals surface area contributed by atoms with Gasteiger partial charge in [-0.3, -0.25) is 4.98 Å². The Morgan fingerprint density at radius 2 is 1.92 bits per heavy atom. The number of rotatable bonds is 0. The molecule has 0 saturated heterocycles. The third-order valence-electron chi connectivity index (χ3n) is 1.85. The van der Waals surface area contributed by atoms with Gasteiger partial charge in [0.25, 0.3) is 0 Å². The Morgan fingerprint density at radius 3 is 2.25 bits per heavy atom. The molecule has 0 spiro atoms. The molecule has 0 aromatic carbocycles. The molecule has 2 nitrogen and oxygen atoms in total. The summed E-state index contributed by atoms with van der Waals surface area (Å²) < 4.78 is 36.5. The second kappa shape index (κ2) is 1.91. The highest BCUT2D eigenvalue weighted by molar-refractivity contribution is 5.55. The molecule has 64 valence electrons. The number of halogens is 3. The molecule has 1 aliphatic carbocycles. The summed E-state index contributed by atoms with van der Waals surface area (Å²) in [7, 11) is 0. The lowest BCUT2D eigenvalue weighted by Gasteiger charge is -2.21. The number of alkyl halides is 3. The summed E-state index contributed by atoms with van der Waals surface area (Å²) in [6, 6.07) is 0.946. The Morgan fingerprint density at radius 1 is 1.33 bits per heavy atom. The first-order chi connectivity index (χ1) is 5.48. The Hall–Kier alpha value is -1.26. The predicted octanol–water partition coefficient (Wildman–Crippen LogP) is 1.59. The minimum Gasteiger partial charge on any atom is -0.397 e. The van der Waals surface area contributed by atoms with Crippen LogP contribution in [0.25, 0.3) is 0 Å². The molecule has 1 aromatic rings. The van der Waals surface area contributed by atoms with E-state index < -0.39 is 11.7 Å². The van der Waals surface area contributed by atoms with Crippen LogP contribution in [0.3, 0.4) is 0 Å². The van der Waals surface area contributed by atoms with Crippen molar-refractivity contribution >= 4 is 5.69 Å². The Labute approximate surface area is 66.2 Å². The van der Waals surface area contributed by atoms with E-state index in [4.69, 9.17) is 5.73 Å². The van der Waals surface area contributed by atoms with Crippen LogP contribution in [0, 0.1) is 0 Å². The molecule has 3 rings (SSSR count). The molecule has 2 heterocycles. The van der Waals surface area contributed by atoms with Gasteiger partial charge in [0, 0.05) is 6.42 Å². The molecule has 0 amide bonds. The number of aromatic nitrogens is 1. The van der Waals surface area contributed by atoms with E-state index in [-0.39, 0.29) is 17.8 Å². The van der Waals surface area contributed by atoms with E-state index in [0.717, 1.165) is 6.07 Å². The Bertz CT molecular complexity index is 343. The zero-order valence-corrected chi connectivity index (χ0v) is 5.94. The van der Waals surface area contributed by atoms with E-state index in [1.54, 1.807) is 0 Å². The van der Waals surface area contributed by atoms with Crippen LogP contribution in [0.4, 0.5) is 18.9 Å². The van der Waals surface area contributed by atoms with Crippen molar-refractivity contribution in [2.75, 3.05) is 5.73 Å². The van der Waals surface area contributed by atoms with E-state index in [1.807, 2.05) is 0 Å². The van der Waals surface area contributed by atoms with Crippen LogP contribution in [-0.4, -0.2) is 4.98 Å². The van der Waals surface area contributed by atoms with Crippen molar-refractivity contribution < 1.29 is 13.2 Å². The van der Waals surface area contributed by atoms with Crippen molar-refractivity contribution in [3.8, 4) is 0 Å². The largest absolute Gasteiger partial charge is 0.418 e. The van der Waals surface area contributed by atoms with Gasteiger partial charge in [0.2, 0.25) is 0 Å². The summed E-state index contributed by atoms with van der Waals surface area (Å²) in [5, 5.41) is 0. The van der Waals surface area contributed by atoms with Crippen LogP contribution < -0.4 is 5.73 Å². The van der Waals surface area contributed by atoms with Gasteiger partial charge < -0.3 is 5.73 Å². The zero-order chi connectivity index (χ0) is 8.93. The van der Waals surface area contributed by atoms with Gasteiger partial charge in [-0.2, -0.15) is 13.2 Å². The monoisotopic (exact) mass is 174 g/mol. The highest BCUT2D eigenvalue weighted by Gasteiger charge is 2.37. The van der Waals surface area contributed by atoms with Crippen LogP contribution in [-0.2, 0) is 12.6 Å². The van der Waals surface area contributed by atoms with Crippen LogP contribution in [0.2, 0.25) is 0 Å². The number of nitrogen functional groups attached to an aromatic ring is 1. The normalized spacial score (nSPS) is 14.2. The Balaban J connectivity index is 2.55. The minimum absolute atomic E-state index is 0.103. The molecule has 5 heteroatoms. The summed E-state index contributed by atoms with van der Waals surface area (Å²) in [5.74, 6) is 0. The first-order valence-corrected chi connectivity index (χ1v) is 3.34. The number of anilines is 1. The van der Waals surface area contributed by atoms with Gasteiger partial charge in [-0.15, -0.1) is 0 Å². The number of pyridine rings is 1. The number of fused-ring (bicyclic) bond motifs is 2. The first-order valence-electron chi connectivity index (χ1n) is 3.34. The SMILES string of the molecule is Nc1cc(C(F)(F)F)c2nc1C2. The van der Waals surface area contributed by atoms with Crippen LogP contribution in [0.1, 0.15) is 17.0 Å². The van der Waals surface area contributed by atoms with Crippen LogP contribution in [0.15, 0.2) is 6.07 Å². The Kier molecular flexibility index (Phi) is 1.18. The summed E-state index contributed by atoms with van der Waals surface area (Å²) in [4.78, 5) is 3.64. The number of nitrogens with two attached hydrogens (primary N) is 1. The summed E-state index contributed by atoms with van der Waals surface area (Å²) in [5.41, 5.74) is 5.41. The zero-order valence-electron chi connectivity index (χ0n) is 5.94. The molecule has 0 unspecified atom stereocenters. The van der Waals surface area contributed by atoms with Gasteiger partial charge in [0.05, 0.1) is 22.6 Å². The maximum absolute atomic E-state index is 12.2. The van der Waals surface area contributed by atoms with Crippen LogP contribution >= 0.6 is 0 Å². The highest BCUT2D eigenvalue weighted by Crippen LogP contribution is 2.38. The van der Waals surface area contributed by atoms with Gasteiger partial charge in [-0.05, 0) is 6.07 Å². The number of hydrogen-bond donors (Lipinski definition) is 1. The molecule has 0 fully saturated rings. The molecule has 1 aromatic heterocycles. The van der Waals surface area contributed by atoms with Crippen molar-refractivity contribution in [3.63, 3.8) is 0 Å². The summed E-state index contributed by atoms with van der Waals surface area (Å²) in [6.07, 6.45) is -4.06. The molecule has 2 aliphatic rings. The van der Waals surface area contributed by atoms with Gasteiger partial charge in [0.15, 0.2) is 0 Å². The van der Waals surface area contributed by atoms with E-state index in [0.29, 0.717) is 5.69 Å². The molecule has 2 N–H and O–H groups in total. The van der Waals surface area contributed by atoms with Crippen molar-refractivity contribution in [2.45, 2.75) is 12.6 Å².